The summed E-state index contributed by atoms with van der Waals surface area (Å²) in [7, 11) is -2.85. The van der Waals surface area contributed by atoms with Gasteiger partial charge in [-0.05, 0) is 13.1 Å². The van der Waals surface area contributed by atoms with Gasteiger partial charge >= 0.3 is 0 Å². The largest absolute Gasteiger partial charge is 0.350 e. The van der Waals surface area contributed by atoms with Crippen LogP contribution in [0.5, 0.6) is 0 Å². The lowest BCUT2D eigenvalue weighted by Crippen LogP contribution is -2.63. The minimum absolute atomic E-state index is 0.166. The second-order valence-electron chi connectivity index (χ2n) is 4.22. The first-order valence-electron chi connectivity index (χ1n) is 3.94. The first kappa shape index (κ1) is 11.9. The molecular weight excluding hydrogens is 206 g/mol. The van der Waals surface area contributed by atoms with Crippen LogP contribution in [-0.2, 0) is 0 Å². The molecule has 0 spiro atoms. The maximum atomic E-state index is 6.24. The van der Waals surface area contributed by atoms with Gasteiger partial charge in [-0.2, -0.15) is 0 Å². The van der Waals surface area contributed by atoms with Crippen molar-refractivity contribution in [2.45, 2.75) is 39.3 Å². The van der Waals surface area contributed by atoms with Gasteiger partial charge in [-0.15, -0.1) is 11.1 Å². The molecule has 1 N–H and O–H groups in total. The van der Waals surface area contributed by atoms with Gasteiger partial charge in [-0.1, -0.05) is 26.2 Å². The molecule has 11 heavy (non-hydrogen) atoms. The molecule has 0 aliphatic heterocycles. The van der Waals surface area contributed by atoms with Gasteiger partial charge in [0.2, 0.25) is 7.55 Å². The van der Waals surface area contributed by atoms with Crippen molar-refractivity contribution in [1.29, 1.82) is 0 Å². The van der Waals surface area contributed by atoms with Crippen LogP contribution in [-0.4, -0.2) is 23.6 Å². The zero-order valence-corrected chi connectivity index (χ0v) is 12.1. The molecule has 0 bridgehead atoms. The highest BCUT2D eigenvalue weighted by atomic mass is 35.6. The fraction of sp³-hybridized carbons (Fsp3) is 1.00. The Morgan fingerprint density at radius 2 is 1.45 bits per heavy atom. The first-order valence-corrected chi connectivity index (χ1v) is 14.5. The molecule has 0 aliphatic carbocycles. The van der Waals surface area contributed by atoms with Crippen molar-refractivity contribution in [3.05, 3.63) is 0 Å². The molecule has 1 radical (unpaired) electrons. The van der Waals surface area contributed by atoms with Crippen LogP contribution in [0.4, 0.5) is 0 Å². The smallest absolute Gasteiger partial charge is 0.213 e. The lowest BCUT2D eigenvalue weighted by molar-refractivity contribution is 1.39. The van der Waals surface area contributed by atoms with Gasteiger partial charge in [0.1, 0.15) is 7.75 Å². The zero-order valence-electron chi connectivity index (χ0n) is 8.38. The number of rotatable bonds is 3. The van der Waals surface area contributed by atoms with E-state index >= 15 is 0 Å². The Balaban J connectivity index is 4.13. The summed E-state index contributed by atoms with van der Waals surface area (Å²) >= 11 is 6.24. The fourth-order valence-corrected chi connectivity index (χ4v) is 15.7. The molecule has 0 rings (SSSR count). The lowest BCUT2D eigenvalue weighted by Gasteiger charge is -2.32. The number of hydrogen-bond donors (Lipinski definition) is 1. The molecule has 0 aliphatic rings. The first-order chi connectivity index (χ1) is 4.65. The van der Waals surface area contributed by atoms with Crippen molar-refractivity contribution in [2.24, 2.45) is 0 Å². The highest BCUT2D eigenvalue weighted by Crippen LogP contribution is 2.11. The normalized spacial score (nSPS) is 14.2. The quantitative estimate of drug-likeness (QED) is 0.574. The van der Waals surface area contributed by atoms with Gasteiger partial charge in [-0.3, -0.25) is 0 Å². The molecule has 0 saturated carbocycles. The Hall–Kier alpha value is 0.901. The molecule has 5 heteroatoms. The van der Waals surface area contributed by atoms with E-state index in [9.17, 15) is 0 Å². The van der Waals surface area contributed by atoms with Gasteiger partial charge in [0, 0.05) is 0 Å². The van der Waals surface area contributed by atoms with Crippen molar-refractivity contribution in [1.82, 2.24) is 4.65 Å². The van der Waals surface area contributed by atoms with Gasteiger partial charge < -0.3 is 4.65 Å². The summed E-state index contributed by atoms with van der Waals surface area (Å²) in [6, 6.07) is 0. The number of hydrogen-bond acceptors (Lipinski definition) is 1. The van der Waals surface area contributed by atoms with Crippen molar-refractivity contribution in [3.8, 4) is 0 Å². The molecule has 1 nitrogen and oxygen atoms in total. The molecule has 67 valence electrons. The molecule has 0 fully saturated rings. The van der Waals surface area contributed by atoms with Crippen LogP contribution < -0.4 is 4.65 Å². The third-order valence-corrected chi connectivity index (χ3v) is 18.7. The molecule has 0 saturated heterocycles. The van der Waals surface area contributed by atoms with E-state index < -0.39 is 15.3 Å². The number of nitrogens with one attached hydrogen (secondary N) is 1. The van der Waals surface area contributed by atoms with Crippen LogP contribution in [0.3, 0.4) is 0 Å². The second-order valence-corrected chi connectivity index (χ2v) is 23.0. The zero-order chi connectivity index (χ0) is 9.28. The summed E-state index contributed by atoms with van der Waals surface area (Å²) in [5.74, 6) is 0. The van der Waals surface area contributed by atoms with E-state index in [1.165, 1.54) is 0 Å². The maximum Gasteiger partial charge on any atom is 0.213 e. The third kappa shape index (κ3) is 5.19. The highest BCUT2D eigenvalue weighted by Gasteiger charge is 2.32. The standard InChI is InChI=1S/C6H19ClNSi3/c1-9(2)11(5,6)8-10(3,4)7/h8H,1-6H3. The summed E-state index contributed by atoms with van der Waals surface area (Å²) in [5, 5.41) is 0. The Labute approximate surface area is 78.8 Å². The van der Waals surface area contributed by atoms with E-state index in [0.29, 0.717) is 0 Å². The van der Waals surface area contributed by atoms with Crippen LogP contribution in [0.15, 0.2) is 0 Å². The van der Waals surface area contributed by atoms with E-state index in [0.717, 1.165) is 0 Å². The Morgan fingerprint density at radius 3 is 1.55 bits per heavy atom. The van der Waals surface area contributed by atoms with Crippen molar-refractivity contribution in [2.75, 3.05) is 0 Å². The summed E-state index contributed by atoms with van der Waals surface area (Å²) in [5.41, 5.74) is 0. The van der Waals surface area contributed by atoms with Crippen LogP contribution in [0.25, 0.3) is 0 Å². The lowest BCUT2D eigenvalue weighted by atomic mass is 11.9. The second kappa shape index (κ2) is 3.74. The van der Waals surface area contributed by atoms with Crippen molar-refractivity contribution in [3.63, 3.8) is 0 Å². The van der Waals surface area contributed by atoms with Gasteiger partial charge in [0.25, 0.3) is 0 Å². The predicted octanol–water partition coefficient (Wildman–Crippen LogP) is 2.55. The van der Waals surface area contributed by atoms with E-state index in [1.54, 1.807) is 0 Å². The predicted molar refractivity (Wildman–Crippen MR) is 61.4 cm³/mol. The molecule has 0 aromatic rings. The summed E-state index contributed by atoms with van der Waals surface area (Å²) in [6.45, 7) is 13.8. The monoisotopic (exact) mass is 224 g/mol. The van der Waals surface area contributed by atoms with Gasteiger partial charge in [-0.25, -0.2) is 0 Å². The number of halogens is 1. The minimum atomic E-state index is -1.55. The van der Waals surface area contributed by atoms with E-state index in [4.69, 9.17) is 11.1 Å². The SMILES string of the molecule is C[Si](C)[Si](C)(C)N[Si](C)(C)Cl. The van der Waals surface area contributed by atoms with Crippen molar-refractivity contribution < 1.29 is 0 Å². The Bertz CT molecular complexity index is 130. The minimum Gasteiger partial charge on any atom is -0.350 e. The Kier molecular flexibility index (Phi) is 4.05. The van der Waals surface area contributed by atoms with E-state index in [2.05, 4.69) is 43.9 Å². The molecule has 0 atom stereocenters. The molecule has 0 amide bonds. The molecule has 0 aromatic heterocycles. The van der Waals surface area contributed by atoms with Crippen LogP contribution in [0.1, 0.15) is 0 Å². The Morgan fingerprint density at radius 1 is 1.09 bits per heavy atom. The van der Waals surface area contributed by atoms with Gasteiger partial charge in [0.05, 0.1) is 8.31 Å². The third-order valence-electron chi connectivity index (χ3n) is 1.86. The van der Waals surface area contributed by atoms with Crippen LogP contribution >= 0.6 is 11.1 Å². The molecule has 0 heterocycles. The van der Waals surface area contributed by atoms with Gasteiger partial charge in [0.15, 0.2) is 0 Å². The average Bonchev–Trinajstić information content (AvgIpc) is 1.56. The van der Waals surface area contributed by atoms with E-state index in [1.807, 2.05) is 0 Å². The fourth-order valence-electron chi connectivity index (χ4n) is 0.868. The van der Waals surface area contributed by atoms with Crippen LogP contribution in [0, 0.1) is 0 Å². The maximum absolute atomic E-state index is 6.24. The highest BCUT2D eigenvalue weighted by molar-refractivity contribution is 7.36. The molecule has 0 aromatic carbocycles. The molecule has 0 unspecified atom stereocenters. The summed E-state index contributed by atoms with van der Waals surface area (Å²) in [6.07, 6.45) is 0. The topological polar surface area (TPSA) is 12.0 Å². The summed E-state index contributed by atoms with van der Waals surface area (Å²) in [4.78, 5) is 0. The molecular formula is C6H19ClNSi3. The summed E-state index contributed by atoms with van der Waals surface area (Å²) < 4.78 is 3.68. The average molecular weight is 225 g/mol. The van der Waals surface area contributed by atoms with E-state index in [-0.39, 0.29) is 8.31 Å². The van der Waals surface area contributed by atoms with Crippen molar-refractivity contribution >= 4 is 34.7 Å². The van der Waals surface area contributed by atoms with Crippen LogP contribution in [0.2, 0.25) is 39.3 Å².